The Hall–Kier alpha value is -1.40. The van der Waals surface area contributed by atoms with Crippen LogP contribution in [0.15, 0.2) is 24.3 Å². The van der Waals surface area contributed by atoms with Gasteiger partial charge in [0.15, 0.2) is 0 Å². The number of rotatable bonds is 4. The lowest BCUT2D eigenvalue weighted by atomic mass is 10.1. The molecule has 0 bridgehead atoms. The van der Waals surface area contributed by atoms with E-state index < -0.39 is 11.0 Å². The number of hydrogen-bond donors (Lipinski definition) is 1. The molecule has 2 rings (SSSR count). The number of benzene rings is 1. The van der Waals surface area contributed by atoms with Crippen molar-refractivity contribution in [3.63, 3.8) is 0 Å². The molecule has 1 unspecified atom stereocenters. The topological polar surface area (TPSA) is 52.7 Å². The smallest absolute Gasteiger partial charge is 0.219 e. The van der Waals surface area contributed by atoms with Crippen LogP contribution in [0.2, 0.25) is 0 Å². The molecule has 2 atom stereocenters. The van der Waals surface area contributed by atoms with Gasteiger partial charge in [0.05, 0.1) is 15.7 Å². The fourth-order valence-electron chi connectivity index (χ4n) is 2.66. The number of nitrogens with zero attached hydrogens (tertiary/aromatic N) is 2. The lowest BCUT2D eigenvalue weighted by Gasteiger charge is -2.35. The molecular weight excluding hydrogens is 346 g/mol. The summed E-state index contributed by atoms with van der Waals surface area (Å²) >= 11 is 0. The Kier molecular flexibility index (Phi) is 8.77. The van der Waals surface area contributed by atoms with Crippen molar-refractivity contribution in [3.8, 4) is 0 Å². The van der Waals surface area contributed by atoms with Crippen LogP contribution in [0.3, 0.4) is 0 Å². The van der Waals surface area contributed by atoms with Gasteiger partial charge in [-0.1, -0.05) is 26.0 Å². The van der Waals surface area contributed by atoms with Crippen LogP contribution in [-0.2, 0) is 15.8 Å². The third-order valence-corrected chi connectivity index (χ3v) is 6.00. The Labute approximate surface area is 161 Å². The van der Waals surface area contributed by atoms with E-state index in [2.05, 4.69) is 33.9 Å². The Morgan fingerprint density at radius 1 is 1.08 bits per heavy atom. The molecule has 0 aliphatic carbocycles. The summed E-state index contributed by atoms with van der Waals surface area (Å²) in [4.78, 5) is 15.6. The molecule has 0 spiro atoms. The molecule has 1 fully saturated rings. The normalized spacial score (nSPS) is 17.2. The Morgan fingerprint density at radius 3 is 2.00 bits per heavy atom. The molecule has 5 nitrogen and oxygen atoms in total. The minimum absolute atomic E-state index is 0.0358. The zero-order chi connectivity index (χ0) is 19.9. The van der Waals surface area contributed by atoms with E-state index in [9.17, 15) is 9.00 Å². The predicted octanol–water partition coefficient (Wildman–Crippen LogP) is 3.49. The molecule has 1 aliphatic rings. The van der Waals surface area contributed by atoms with Crippen molar-refractivity contribution < 1.29 is 9.00 Å². The lowest BCUT2D eigenvalue weighted by molar-refractivity contribution is -0.129. The average Bonchev–Trinajstić information content (AvgIpc) is 2.62. The molecule has 0 aromatic heterocycles. The van der Waals surface area contributed by atoms with Crippen molar-refractivity contribution in [3.05, 3.63) is 29.8 Å². The van der Waals surface area contributed by atoms with Crippen LogP contribution in [0.5, 0.6) is 0 Å². The van der Waals surface area contributed by atoms with Crippen molar-refractivity contribution in [1.29, 1.82) is 0 Å². The van der Waals surface area contributed by atoms with Crippen LogP contribution in [0.25, 0.3) is 0 Å². The largest absolute Gasteiger partial charge is 0.368 e. The van der Waals surface area contributed by atoms with Crippen LogP contribution >= 0.6 is 0 Å². The molecule has 1 aromatic rings. The highest BCUT2D eigenvalue weighted by Crippen LogP contribution is 2.22. The molecule has 148 valence electrons. The van der Waals surface area contributed by atoms with E-state index in [1.165, 1.54) is 5.69 Å². The fourth-order valence-corrected chi connectivity index (χ4v) is 3.47. The van der Waals surface area contributed by atoms with Crippen molar-refractivity contribution in [2.24, 2.45) is 0 Å². The summed E-state index contributed by atoms with van der Waals surface area (Å²) in [5, 5.41) is 0. The predicted molar refractivity (Wildman–Crippen MR) is 112 cm³/mol. The molecule has 1 aliphatic heterocycles. The van der Waals surface area contributed by atoms with E-state index in [0.29, 0.717) is 0 Å². The summed E-state index contributed by atoms with van der Waals surface area (Å²) in [5.74, 6) is 0.150. The van der Waals surface area contributed by atoms with Crippen LogP contribution < -0.4 is 9.62 Å². The molecule has 0 radical (unpaired) electrons. The quantitative estimate of drug-likeness (QED) is 0.868. The second-order valence-corrected chi connectivity index (χ2v) is 9.30. The minimum Gasteiger partial charge on any atom is -0.368 e. The number of carbonyl (C=O) groups is 1. The van der Waals surface area contributed by atoms with Gasteiger partial charge in [-0.3, -0.25) is 4.79 Å². The third kappa shape index (κ3) is 6.40. The molecule has 1 N–H and O–H groups in total. The van der Waals surface area contributed by atoms with Gasteiger partial charge in [-0.15, -0.1) is 0 Å². The zero-order valence-corrected chi connectivity index (χ0v) is 18.2. The maximum Gasteiger partial charge on any atom is 0.219 e. The van der Waals surface area contributed by atoms with Gasteiger partial charge in [0.2, 0.25) is 5.91 Å². The lowest BCUT2D eigenvalue weighted by Crippen LogP contribution is -2.48. The molecule has 1 heterocycles. The number of piperazine rings is 1. The van der Waals surface area contributed by atoms with Gasteiger partial charge in [0, 0.05) is 44.8 Å². The van der Waals surface area contributed by atoms with Crippen molar-refractivity contribution in [2.45, 2.75) is 59.3 Å². The molecule has 26 heavy (non-hydrogen) atoms. The molecule has 1 aromatic carbocycles. The zero-order valence-electron chi connectivity index (χ0n) is 17.3. The molecule has 1 amide bonds. The minimum atomic E-state index is -1.08. The summed E-state index contributed by atoms with van der Waals surface area (Å²) in [5.41, 5.74) is 2.30. The first-order valence-electron chi connectivity index (χ1n) is 9.47. The van der Waals surface area contributed by atoms with Crippen LogP contribution in [0.4, 0.5) is 5.69 Å². The monoisotopic (exact) mass is 381 g/mol. The highest BCUT2D eigenvalue weighted by Gasteiger charge is 2.22. The van der Waals surface area contributed by atoms with E-state index in [1.807, 2.05) is 46.4 Å². The SMILES string of the molecule is CC.CC(=O)N1CCN(c2ccc([C@@H](C)NS(=O)C(C)(C)C)cc2)CC1. The summed E-state index contributed by atoms with van der Waals surface area (Å²) in [6.07, 6.45) is 0. The number of anilines is 1. The Balaban J connectivity index is 0.00000163. The van der Waals surface area contributed by atoms with E-state index in [1.54, 1.807) is 6.92 Å². The number of carbonyl (C=O) groups excluding carboxylic acids is 1. The van der Waals surface area contributed by atoms with Crippen LogP contribution in [0, 0.1) is 0 Å². The summed E-state index contributed by atoms with van der Waals surface area (Å²) in [7, 11) is -1.08. The third-order valence-electron chi connectivity index (χ3n) is 4.32. The van der Waals surface area contributed by atoms with Crippen LogP contribution in [0.1, 0.15) is 60.1 Å². The summed E-state index contributed by atoms with van der Waals surface area (Å²) < 4.78 is 15.1. The second-order valence-electron chi connectivity index (χ2n) is 7.31. The molecule has 1 saturated heterocycles. The highest BCUT2D eigenvalue weighted by molar-refractivity contribution is 7.84. The fraction of sp³-hybridized carbons (Fsp3) is 0.650. The Morgan fingerprint density at radius 2 is 1.58 bits per heavy atom. The highest BCUT2D eigenvalue weighted by atomic mass is 32.2. The first kappa shape index (κ1) is 22.6. The standard InChI is InChI=1S/C18H29N3O2S.C2H6/c1-14(19-24(23)18(3,4)5)16-6-8-17(9-7-16)21-12-10-20(11-13-21)15(2)22;1-2/h6-9,14,19H,10-13H2,1-5H3;1-2H3/t14-,24?;/m1./s1. The van der Waals surface area contributed by atoms with E-state index >= 15 is 0 Å². The van der Waals surface area contributed by atoms with Gasteiger partial charge in [0.1, 0.15) is 0 Å². The Bertz CT molecular complexity index is 588. The van der Waals surface area contributed by atoms with E-state index in [-0.39, 0.29) is 16.7 Å². The number of amides is 1. The molecule has 0 saturated carbocycles. The first-order valence-corrected chi connectivity index (χ1v) is 10.6. The number of nitrogens with one attached hydrogen (secondary N) is 1. The van der Waals surface area contributed by atoms with E-state index in [0.717, 1.165) is 31.7 Å². The second kappa shape index (κ2) is 10.1. The number of hydrogen-bond acceptors (Lipinski definition) is 3. The summed E-state index contributed by atoms with van der Waals surface area (Å²) in [6, 6.07) is 8.43. The molecule has 6 heteroatoms. The van der Waals surface area contributed by atoms with Gasteiger partial charge >= 0.3 is 0 Å². The average molecular weight is 382 g/mol. The van der Waals surface area contributed by atoms with Gasteiger partial charge in [-0.2, -0.15) is 0 Å². The molecular formula is C20H35N3O2S. The first-order chi connectivity index (χ1) is 12.2. The maximum absolute atomic E-state index is 12.2. The van der Waals surface area contributed by atoms with Crippen LogP contribution in [-0.4, -0.2) is 45.9 Å². The van der Waals surface area contributed by atoms with Gasteiger partial charge < -0.3 is 9.80 Å². The van der Waals surface area contributed by atoms with Gasteiger partial charge in [-0.25, -0.2) is 8.93 Å². The summed E-state index contributed by atoms with van der Waals surface area (Å²) in [6.45, 7) is 16.8. The van der Waals surface area contributed by atoms with Gasteiger partial charge in [0.25, 0.3) is 0 Å². The van der Waals surface area contributed by atoms with Gasteiger partial charge in [-0.05, 0) is 45.4 Å². The maximum atomic E-state index is 12.2. The van der Waals surface area contributed by atoms with Crippen molar-refractivity contribution in [1.82, 2.24) is 9.62 Å². The van der Waals surface area contributed by atoms with Crippen molar-refractivity contribution in [2.75, 3.05) is 31.1 Å². The van der Waals surface area contributed by atoms with Crippen molar-refractivity contribution >= 4 is 22.6 Å². The van der Waals surface area contributed by atoms with E-state index in [4.69, 9.17) is 0 Å².